The van der Waals surface area contributed by atoms with Crippen LogP contribution in [0.3, 0.4) is 0 Å². The zero-order valence-electron chi connectivity index (χ0n) is 13.9. The van der Waals surface area contributed by atoms with Crippen LogP contribution in [0.2, 0.25) is 0 Å². The van der Waals surface area contributed by atoms with Crippen LogP contribution in [-0.2, 0) is 0 Å². The highest BCUT2D eigenvalue weighted by atomic mass is 15.2. The number of aryl methyl sites for hydroxylation is 1. The molecule has 0 bridgehead atoms. The third-order valence-electron chi connectivity index (χ3n) is 3.93. The molecule has 0 saturated carbocycles. The third kappa shape index (κ3) is 4.20. The van der Waals surface area contributed by atoms with E-state index in [0.29, 0.717) is 5.82 Å². The van der Waals surface area contributed by atoms with E-state index < -0.39 is 0 Å². The Morgan fingerprint density at radius 2 is 1.71 bits per heavy atom. The number of nitrogen functional groups attached to an aromatic ring is 1. The Morgan fingerprint density at radius 3 is 2.50 bits per heavy atom. The molecule has 124 valence electrons. The normalized spacial score (nSPS) is 14.1. The lowest BCUT2D eigenvalue weighted by Crippen LogP contribution is -2.43. The molecule has 1 fully saturated rings. The molecule has 3 aromatic rings. The van der Waals surface area contributed by atoms with Crippen LogP contribution in [-0.4, -0.2) is 36.1 Å². The van der Waals surface area contributed by atoms with E-state index in [4.69, 9.17) is 5.73 Å². The Labute approximate surface area is 142 Å². The van der Waals surface area contributed by atoms with Crippen molar-refractivity contribution in [2.45, 2.75) is 6.92 Å². The molecule has 2 aromatic heterocycles. The molecule has 5 nitrogen and oxygen atoms in total. The summed E-state index contributed by atoms with van der Waals surface area (Å²) in [6.07, 6.45) is 0. The van der Waals surface area contributed by atoms with E-state index in [1.54, 1.807) is 0 Å². The summed E-state index contributed by atoms with van der Waals surface area (Å²) in [6.45, 7) is 6.30. The lowest BCUT2D eigenvalue weighted by atomic mass is 10.2. The molecule has 0 spiro atoms. The fraction of sp³-hybridized carbons (Fsp3) is 0.263. The van der Waals surface area contributed by atoms with Crippen molar-refractivity contribution in [3.05, 3.63) is 60.3 Å². The number of nitrogens with two attached hydrogens (primary N) is 1. The number of anilines is 2. The number of nitrogens with zero attached hydrogens (tertiary/aromatic N) is 3. The Morgan fingerprint density at radius 1 is 0.917 bits per heavy atom. The molecule has 0 radical (unpaired) electrons. The van der Waals surface area contributed by atoms with Gasteiger partial charge in [0.2, 0.25) is 0 Å². The van der Waals surface area contributed by atoms with Crippen molar-refractivity contribution in [1.29, 1.82) is 0 Å². The maximum Gasteiger partial charge on any atom is 0.128 e. The highest BCUT2D eigenvalue weighted by Crippen LogP contribution is 2.12. The monoisotopic (exact) mass is 321 g/mol. The summed E-state index contributed by atoms with van der Waals surface area (Å²) in [5.41, 5.74) is 7.56. The largest absolute Gasteiger partial charge is 0.384 e. The maximum absolute atomic E-state index is 5.51. The molecule has 0 unspecified atom stereocenters. The van der Waals surface area contributed by atoms with Crippen LogP contribution < -0.4 is 16.0 Å². The Balaban J connectivity index is 0.000000143. The molecule has 3 heterocycles. The third-order valence-corrected chi connectivity index (χ3v) is 3.93. The van der Waals surface area contributed by atoms with Gasteiger partial charge in [0.05, 0.1) is 5.52 Å². The minimum absolute atomic E-state index is 0.573. The van der Waals surface area contributed by atoms with Gasteiger partial charge >= 0.3 is 0 Å². The molecular weight excluding hydrogens is 298 g/mol. The van der Waals surface area contributed by atoms with Crippen molar-refractivity contribution in [1.82, 2.24) is 15.3 Å². The van der Waals surface area contributed by atoms with Gasteiger partial charge in [-0.3, -0.25) is 0 Å². The fourth-order valence-electron chi connectivity index (χ4n) is 2.68. The zero-order chi connectivity index (χ0) is 16.8. The lowest BCUT2D eigenvalue weighted by Gasteiger charge is -2.28. The fourth-order valence-corrected chi connectivity index (χ4v) is 2.68. The molecular formula is C19H23N5. The van der Waals surface area contributed by atoms with Crippen LogP contribution in [0.1, 0.15) is 5.69 Å². The number of rotatable bonds is 1. The van der Waals surface area contributed by atoms with Crippen molar-refractivity contribution in [3.63, 3.8) is 0 Å². The minimum Gasteiger partial charge on any atom is -0.384 e. The summed E-state index contributed by atoms with van der Waals surface area (Å²) in [7, 11) is 0. The number of nitrogens with one attached hydrogen (secondary N) is 1. The number of hydrogen-bond donors (Lipinski definition) is 2. The molecule has 24 heavy (non-hydrogen) atoms. The first-order valence-corrected chi connectivity index (χ1v) is 8.23. The molecule has 3 N–H and O–H groups in total. The van der Waals surface area contributed by atoms with Gasteiger partial charge in [0, 0.05) is 37.3 Å². The van der Waals surface area contributed by atoms with Crippen molar-refractivity contribution in [3.8, 4) is 0 Å². The molecule has 0 amide bonds. The number of piperazine rings is 1. The standard InChI is InChI=1S/C10H15N3.C9H8N2/c1-9-3-2-4-10(12-9)13-7-5-11-6-8-13;10-9-6-5-7-3-1-2-4-8(7)11-9/h2-4,11H,5-8H2,1H3;1-6H,(H2,10,11). The van der Waals surface area contributed by atoms with Crippen molar-refractivity contribution in [2.75, 3.05) is 36.8 Å². The van der Waals surface area contributed by atoms with Crippen molar-refractivity contribution < 1.29 is 0 Å². The van der Waals surface area contributed by atoms with Gasteiger partial charge in [0.1, 0.15) is 11.6 Å². The van der Waals surface area contributed by atoms with Gasteiger partial charge in [-0.15, -0.1) is 0 Å². The minimum atomic E-state index is 0.573. The van der Waals surface area contributed by atoms with E-state index in [1.165, 1.54) is 0 Å². The van der Waals surface area contributed by atoms with Crippen molar-refractivity contribution >= 4 is 22.5 Å². The molecule has 0 aliphatic carbocycles. The number of hydrogen-bond acceptors (Lipinski definition) is 5. The van der Waals surface area contributed by atoms with Gasteiger partial charge < -0.3 is 16.0 Å². The Bertz CT molecular complexity index is 796. The molecule has 1 aromatic carbocycles. The van der Waals surface area contributed by atoms with Gasteiger partial charge in [-0.1, -0.05) is 24.3 Å². The van der Waals surface area contributed by atoms with Gasteiger partial charge in [-0.05, 0) is 37.3 Å². The van der Waals surface area contributed by atoms with E-state index in [1.807, 2.05) is 49.4 Å². The second-order valence-electron chi connectivity index (χ2n) is 5.80. The Kier molecular flexibility index (Phi) is 5.23. The van der Waals surface area contributed by atoms with Crippen molar-refractivity contribution in [2.24, 2.45) is 0 Å². The van der Waals surface area contributed by atoms with E-state index in [9.17, 15) is 0 Å². The topological polar surface area (TPSA) is 67.1 Å². The summed E-state index contributed by atoms with van der Waals surface area (Å²) >= 11 is 0. The highest BCUT2D eigenvalue weighted by Gasteiger charge is 2.10. The summed E-state index contributed by atoms with van der Waals surface area (Å²) in [6, 6.07) is 17.9. The van der Waals surface area contributed by atoms with E-state index >= 15 is 0 Å². The van der Waals surface area contributed by atoms with Gasteiger partial charge in [0.15, 0.2) is 0 Å². The zero-order valence-corrected chi connectivity index (χ0v) is 13.9. The highest BCUT2D eigenvalue weighted by molar-refractivity contribution is 5.79. The molecule has 0 atom stereocenters. The predicted molar refractivity (Wildman–Crippen MR) is 100 cm³/mol. The molecule has 5 heteroatoms. The summed E-state index contributed by atoms with van der Waals surface area (Å²) in [5, 5.41) is 4.46. The second kappa shape index (κ2) is 7.75. The van der Waals surface area contributed by atoms with Gasteiger partial charge in [-0.25, -0.2) is 9.97 Å². The summed E-state index contributed by atoms with van der Waals surface area (Å²) in [4.78, 5) is 11.0. The van der Waals surface area contributed by atoms with Crippen LogP contribution in [0.25, 0.3) is 10.9 Å². The first-order valence-electron chi connectivity index (χ1n) is 8.23. The number of benzene rings is 1. The first kappa shape index (κ1) is 16.2. The smallest absolute Gasteiger partial charge is 0.128 e. The average Bonchev–Trinajstić information content (AvgIpc) is 2.63. The predicted octanol–water partition coefficient (Wildman–Crippen LogP) is 2.62. The SMILES string of the molecule is Cc1cccc(N2CCNCC2)n1.Nc1ccc2ccccc2n1. The molecule has 4 rings (SSSR count). The summed E-state index contributed by atoms with van der Waals surface area (Å²) < 4.78 is 0. The van der Waals surface area contributed by atoms with Crippen LogP contribution in [0.4, 0.5) is 11.6 Å². The lowest BCUT2D eigenvalue weighted by molar-refractivity contribution is 0.584. The molecule has 1 saturated heterocycles. The van der Waals surface area contributed by atoms with E-state index in [0.717, 1.165) is 48.6 Å². The first-order chi connectivity index (χ1) is 11.7. The number of pyridine rings is 2. The second-order valence-corrected chi connectivity index (χ2v) is 5.80. The Hall–Kier alpha value is -2.66. The maximum atomic E-state index is 5.51. The number of aromatic nitrogens is 2. The number of fused-ring (bicyclic) bond motifs is 1. The van der Waals surface area contributed by atoms with Crippen LogP contribution in [0.15, 0.2) is 54.6 Å². The van der Waals surface area contributed by atoms with Gasteiger partial charge in [-0.2, -0.15) is 0 Å². The molecule has 1 aliphatic rings. The van der Waals surface area contributed by atoms with Crippen LogP contribution >= 0.6 is 0 Å². The summed E-state index contributed by atoms with van der Waals surface area (Å²) in [5.74, 6) is 1.69. The quantitative estimate of drug-likeness (QED) is 0.721. The average molecular weight is 321 g/mol. The molecule has 1 aliphatic heterocycles. The van der Waals surface area contributed by atoms with Crippen LogP contribution in [0.5, 0.6) is 0 Å². The van der Waals surface area contributed by atoms with Gasteiger partial charge in [0.25, 0.3) is 0 Å². The number of para-hydroxylation sites is 1. The van der Waals surface area contributed by atoms with E-state index in [-0.39, 0.29) is 0 Å². The van der Waals surface area contributed by atoms with Crippen LogP contribution in [0, 0.1) is 6.92 Å². The van der Waals surface area contributed by atoms with E-state index in [2.05, 4.69) is 32.3 Å².